The highest BCUT2D eigenvalue weighted by molar-refractivity contribution is 7.98. The van der Waals surface area contributed by atoms with Crippen LogP contribution in [-0.4, -0.2) is 18.2 Å². The number of carbonyl (C=O) groups is 1. The predicted molar refractivity (Wildman–Crippen MR) is 91.1 cm³/mol. The van der Waals surface area contributed by atoms with Gasteiger partial charge >= 0.3 is 0 Å². The van der Waals surface area contributed by atoms with Gasteiger partial charge in [-0.3, -0.25) is 4.79 Å². The maximum atomic E-state index is 13.5. The fourth-order valence-corrected chi connectivity index (χ4v) is 2.54. The Morgan fingerprint density at radius 2 is 1.95 bits per heavy atom. The molecule has 0 saturated carbocycles. The highest BCUT2D eigenvalue weighted by Gasteiger charge is 2.14. The molecule has 0 spiro atoms. The molecular formula is C17H19FN2OS. The summed E-state index contributed by atoms with van der Waals surface area (Å²) in [5.41, 5.74) is 1.95. The predicted octanol–water partition coefficient (Wildman–Crippen LogP) is 4.30. The summed E-state index contributed by atoms with van der Waals surface area (Å²) in [6.07, 6.45) is 1.96. The van der Waals surface area contributed by atoms with Crippen LogP contribution in [-0.2, 0) is 4.79 Å². The molecule has 2 aromatic rings. The Labute approximate surface area is 134 Å². The zero-order chi connectivity index (χ0) is 16.1. The Hall–Kier alpha value is -2.01. The Kier molecular flexibility index (Phi) is 5.44. The van der Waals surface area contributed by atoms with Gasteiger partial charge in [0.15, 0.2) is 0 Å². The molecule has 1 amide bonds. The Balaban J connectivity index is 2.04. The first-order chi connectivity index (χ1) is 10.5. The second kappa shape index (κ2) is 7.31. The summed E-state index contributed by atoms with van der Waals surface area (Å²) in [5, 5.41) is 5.90. The van der Waals surface area contributed by atoms with E-state index >= 15 is 0 Å². The van der Waals surface area contributed by atoms with E-state index < -0.39 is 6.04 Å². The third-order valence-corrected chi connectivity index (χ3v) is 4.11. The van der Waals surface area contributed by atoms with Crippen LogP contribution in [0.15, 0.2) is 47.4 Å². The maximum absolute atomic E-state index is 13.5. The molecule has 0 heterocycles. The van der Waals surface area contributed by atoms with Gasteiger partial charge in [-0.25, -0.2) is 4.39 Å². The second-order valence-electron chi connectivity index (χ2n) is 5.02. The van der Waals surface area contributed by atoms with E-state index in [0.29, 0.717) is 11.3 Å². The minimum atomic E-state index is -0.475. The first-order valence-corrected chi connectivity index (χ1v) is 8.20. The molecule has 3 nitrogen and oxygen atoms in total. The van der Waals surface area contributed by atoms with Crippen molar-refractivity contribution in [2.24, 2.45) is 0 Å². The number of hydrogen-bond donors (Lipinski definition) is 2. The smallest absolute Gasteiger partial charge is 0.246 e. The van der Waals surface area contributed by atoms with Crippen molar-refractivity contribution in [1.29, 1.82) is 0 Å². The van der Waals surface area contributed by atoms with Crippen LogP contribution in [0.3, 0.4) is 0 Å². The molecule has 0 aliphatic carbocycles. The minimum absolute atomic E-state index is 0.164. The van der Waals surface area contributed by atoms with Crippen molar-refractivity contribution in [2.75, 3.05) is 16.9 Å². The van der Waals surface area contributed by atoms with E-state index in [9.17, 15) is 9.18 Å². The molecule has 0 aromatic heterocycles. The molecular weight excluding hydrogens is 299 g/mol. The Morgan fingerprint density at radius 1 is 1.23 bits per heavy atom. The molecule has 1 atom stereocenters. The van der Waals surface area contributed by atoms with E-state index in [1.165, 1.54) is 6.07 Å². The summed E-state index contributed by atoms with van der Waals surface area (Å²) in [7, 11) is 0. The Morgan fingerprint density at radius 3 is 2.64 bits per heavy atom. The lowest BCUT2D eigenvalue weighted by Crippen LogP contribution is -2.32. The van der Waals surface area contributed by atoms with Crippen molar-refractivity contribution in [3.63, 3.8) is 0 Å². The molecule has 0 aliphatic heterocycles. The summed E-state index contributed by atoms with van der Waals surface area (Å²) in [4.78, 5) is 13.3. The molecule has 0 unspecified atom stereocenters. The molecule has 2 N–H and O–H groups in total. The summed E-state index contributed by atoms with van der Waals surface area (Å²) in [6, 6.07) is 12.0. The molecule has 116 valence electrons. The average Bonchev–Trinajstić information content (AvgIpc) is 2.51. The molecule has 2 aromatic carbocycles. The zero-order valence-electron chi connectivity index (χ0n) is 12.8. The SMILES string of the molecule is CSc1ccccc1NC(=O)[C@@H](C)Nc1ccc(C)c(F)c1. The van der Waals surface area contributed by atoms with Crippen LogP contribution in [0.1, 0.15) is 12.5 Å². The van der Waals surface area contributed by atoms with Gasteiger partial charge in [0.1, 0.15) is 11.9 Å². The topological polar surface area (TPSA) is 41.1 Å². The number of nitrogens with one attached hydrogen (secondary N) is 2. The first kappa shape index (κ1) is 16.4. The van der Waals surface area contributed by atoms with Crippen molar-refractivity contribution in [1.82, 2.24) is 0 Å². The number of aryl methyl sites for hydroxylation is 1. The van der Waals surface area contributed by atoms with Gasteiger partial charge in [0, 0.05) is 10.6 Å². The van der Waals surface area contributed by atoms with E-state index in [4.69, 9.17) is 0 Å². The largest absolute Gasteiger partial charge is 0.374 e. The minimum Gasteiger partial charge on any atom is -0.374 e. The first-order valence-electron chi connectivity index (χ1n) is 6.98. The number of amides is 1. The van der Waals surface area contributed by atoms with Gasteiger partial charge in [0.05, 0.1) is 5.69 Å². The monoisotopic (exact) mass is 318 g/mol. The lowest BCUT2D eigenvalue weighted by molar-refractivity contribution is -0.116. The summed E-state index contributed by atoms with van der Waals surface area (Å²) < 4.78 is 13.5. The van der Waals surface area contributed by atoms with E-state index in [-0.39, 0.29) is 11.7 Å². The van der Waals surface area contributed by atoms with E-state index in [2.05, 4.69) is 10.6 Å². The normalized spacial score (nSPS) is 11.8. The molecule has 22 heavy (non-hydrogen) atoms. The number of hydrogen-bond acceptors (Lipinski definition) is 3. The van der Waals surface area contributed by atoms with Crippen LogP contribution in [0.2, 0.25) is 0 Å². The fourth-order valence-electron chi connectivity index (χ4n) is 1.99. The standard InChI is InChI=1S/C17H19FN2OS/c1-11-8-9-13(10-14(11)18)19-12(2)17(21)20-15-6-4-5-7-16(15)22-3/h4-10,12,19H,1-3H3,(H,20,21)/t12-/m1/s1. The van der Waals surface area contributed by atoms with Crippen molar-refractivity contribution < 1.29 is 9.18 Å². The maximum Gasteiger partial charge on any atom is 0.246 e. The molecule has 0 saturated heterocycles. The molecule has 0 radical (unpaired) electrons. The van der Waals surface area contributed by atoms with Crippen molar-refractivity contribution >= 4 is 29.0 Å². The highest BCUT2D eigenvalue weighted by atomic mass is 32.2. The summed E-state index contributed by atoms with van der Waals surface area (Å²) in [5.74, 6) is -0.451. The van der Waals surface area contributed by atoms with Crippen LogP contribution >= 0.6 is 11.8 Å². The molecule has 2 rings (SSSR count). The van der Waals surface area contributed by atoms with Crippen molar-refractivity contribution in [2.45, 2.75) is 24.8 Å². The lowest BCUT2D eigenvalue weighted by Gasteiger charge is -2.17. The van der Waals surface area contributed by atoms with Crippen LogP contribution < -0.4 is 10.6 Å². The van der Waals surface area contributed by atoms with Gasteiger partial charge < -0.3 is 10.6 Å². The van der Waals surface area contributed by atoms with Gasteiger partial charge in [0.2, 0.25) is 5.91 Å². The van der Waals surface area contributed by atoms with Crippen LogP contribution in [0.4, 0.5) is 15.8 Å². The number of para-hydroxylation sites is 1. The van der Waals surface area contributed by atoms with Crippen molar-refractivity contribution in [3.8, 4) is 0 Å². The average molecular weight is 318 g/mol. The molecule has 0 fully saturated rings. The number of halogens is 1. The van der Waals surface area contributed by atoms with Crippen LogP contribution in [0, 0.1) is 12.7 Å². The summed E-state index contributed by atoms with van der Waals surface area (Å²) in [6.45, 7) is 3.45. The van der Waals surface area contributed by atoms with Gasteiger partial charge in [-0.15, -0.1) is 11.8 Å². The fraction of sp³-hybridized carbons (Fsp3) is 0.235. The number of rotatable bonds is 5. The lowest BCUT2D eigenvalue weighted by atomic mass is 10.2. The molecule has 5 heteroatoms. The number of benzene rings is 2. The Bertz CT molecular complexity index is 675. The van der Waals surface area contributed by atoms with E-state index in [0.717, 1.165) is 10.6 Å². The van der Waals surface area contributed by atoms with E-state index in [1.54, 1.807) is 37.7 Å². The van der Waals surface area contributed by atoms with Gasteiger partial charge in [-0.05, 0) is 49.9 Å². The van der Waals surface area contributed by atoms with Crippen LogP contribution in [0.25, 0.3) is 0 Å². The van der Waals surface area contributed by atoms with Gasteiger partial charge in [-0.1, -0.05) is 18.2 Å². The van der Waals surface area contributed by atoms with Gasteiger partial charge in [-0.2, -0.15) is 0 Å². The molecule has 0 bridgehead atoms. The van der Waals surface area contributed by atoms with E-state index in [1.807, 2.05) is 30.5 Å². The highest BCUT2D eigenvalue weighted by Crippen LogP contribution is 2.24. The van der Waals surface area contributed by atoms with Crippen molar-refractivity contribution in [3.05, 3.63) is 53.8 Å². The zero-order valence-corrected chi connectivity index (χ0v) is 13.6. The number of carbonyl (C=O) groups excluding carboxylic acids is 1. The number of anilines is 2. The second-order valence-corrected chi connectivity index (χ2v) is 5.87. The number of thioether (sulfide) groups is 1. The quantitative estimate of drug-likeness (QED) is 0.808. The third-order valence-electron chi connectivity index (χ3n) is 3.31. The third kappa shape index (κ3) is 4.01. The van der Waals surface area contributed by atoms with Gasteiger partial charge in [0.25, 0.3) is 0 Å². The molecule has 0 aliphatic rings. The van der Waals surface area contributed by atoms with Crippen LogP contribution in [0.5, 0.6) is 0 Å². The summed E-state index contributed by atoms with van der Waals surface area (Å²) >= 11 is 1.57.